The van der Waals surface area contributed by atoms with Crippen LogP contribution in [-0.2, 0) is 0 Å². The van der Waals surface area contributed by atoms with Gasteiger partial charge < -0.3 is 19.3 Å². The highest BCUT2D eigenvalue weighted by Gasteiger charge is 2.30. The highest BCUT2D eigenvalue weighted by Crippen LogP contribution is 2.55. The largest absolute Gasteiger partial charge is 0.453 e. The zero-order valence-electron chi connectivity index (χ0n) is 40.1. The Balaban J connectivity index is 1.08. The first-order valence-corrected chi connectivity index (χ1v) is 25.2. The molecule has 0 N–H and O–H groups in total. The van der Waals surface area contributed by atoms with Gasteiger partial charge in [-0.1, -0.05) is 188 Å². The standard InChI is InChI=1S/C70H44N2O2/c1-3-24-51-45(18-1)20-16-28-53(51)47-22-15-23-48(42-47)69-57-40-38-50(72-63-32-9-13-36-67(63)74-68-37-14-10-33-64(68)72)44-60(57)70(56-27-6-5-26-55(56)54-29-17-21-46-19-2-4-25-52(46)54)58-41-39-49(43-59(58)69)71-61-30-7-11-34-65(61)73-66-35-12-8-31-62(66)71/h1-44H. The number of hydrogen-bond acceptors (Lipinski definition) is 4. The van der Waals surface area contributed by atoms with Crippen molar-refractivity contribution in [2.24, 2.45) is 0 Å². The van der Waals surface area contributed by atoms with E-state index in [0.29, 0.717) is 0 Å². The number of fused-ring (bicyclic) bond motifs is 8. The van der Waals surface area contributed by atoms with Crippen molar-refractivity contribution in [3.63, 3.8) is 0 Å². The van der Waals surface area contributed by atoms with Gasteiger partial charge in [0.15, 0.2) is 23.0 Å². The Hall–Kier alpha value is -9.90. The monoisotopic (exact) mass is 944 g/mol. The van der Waals surface area contributed by atoms with Crippen molar-refractivity contribution in [2.75, 3.05) is 9.80 Å². The second-order valence-electron chi connectivity index (χ2n) is 19.1. The van der Waals surface area contributed by atoms with E-state index < -0.39 is 0 Å². The highest BCUT2D eigenvalue weighted by molar-refractivity contribution is 6.24. The van der Waals surface area contributed by atoms with E-state index in [0.717, 1.165) is 101 Å². The first kappa shape index (κ1) is 41.8. The summed E-state index contributed by atoms with van der Waals surface area (Å²) in [5.41, 5.74) is 15.4. The zero-order chi connectivity index (χ0) is 48.7. The normalized spacial score (nSPS) is 12.5. The lowest BCUT2D eigenvalue weighted by molar-refractivity contribution is 0.477. The summed E-state index contributed by atoms with van der Waals surface area (Å²) in [6, 6.07) is 96.4. The lowest BCUT2D eigenvalue weighted by Crippen LogP contribution is -2.16. The molecule has 0 aromatic heterocycles. The van der Waals surface area contributed by atoms with Gasteiger partial charge in [0.25, 0.3) is 0 Å². The average Bonchev–Trinajstić information content (AvgIpc) is 3.47. The highest BCUT2D eigenvalue weighted by atomic mass is 16.5. The molecule has 4 heteroatoms. The molecule has 74 heavy (non-hydrogen) atoms. The van der Waals surface area contributed by atoms with Gasteiger partial charge in [-0.15, -0.1) is 0 Å². The van der Waals surface area contributed by atoms with Crippen molar-refractivity contribution in [2.45, 2.75) is 0 Å². The molecule has 4 nitrogen and oxygen atoms in total. The summed E-state index contributed by atoms with van der Waals surface area (Å²) in [6.07, 6.45) is 0. The Morgan fingerprint density at radius 3 is 1.19 bits per heavy atom. The van der Waals surface area contributed by atoms with Crippen LogP contribution in [0.1, 0.15) is 0 Å². The summed E-state index contributed by atoms with van der Waals surface area (Å²) in [7, 11) is 0. The third kappa shape index (κ3) is 6.62. The Morgan fingerprint density at radius 1 is 0.230 bits per heavy atom. The van der Waals surface area contributed by atoms with Crippen molar-refractivity contribution < 1.29 is 9.47 Å². The molecule has 0 radical (unpaired) electrons. The van der Waals surface area contributed by atoms with Gasteiger partial charge in [0.2, 0.25) is 0 Å². The molecule has 2 aliphatic rings. The third-order valence-corrected chi connectivity index (χ3v) is 15.0. The maximum absolute atomic E-state index is 6.57. The first-order valence-electron chi connectivity index (χ1n) is 25.2. The summed E-state index contributed by atoms with van der Waals surface area (Å²) in [5.74, 6) is 3.26. The minimum absolute atomic E-state index is 0.816. The second-order valence-corrected chi connectivity index (χ2v) is 19.1. The molecule has 346 valence electrons. The molecule has 13 aromatic carbocycles. The van der Waals surface area contributed by atoms with Crippen molar-refractivity contribution >= 4 is 77.2 Å². The number of para-hydroxylation sites is 8. The molecule has 0 unspecified atom stereocenters. The van der Waals surface area contributed by atoms with Crippen LogP contribution in [0.15, 0.2) is 267 Å². The molecule has 0 amide bonds. The van der Waals surface area contributed by atoms with Crippen LogP contribution in [-0.4, -0.2) is 0 Å². The zero-order valence-corrected chi connectivity index (χ0v) is 40.1. The maximum atomic E-state index is 6.57. The molecule has 0 saturated heterocycles. The number of benzene rings is 13. The van der Waals surface area contributed by atoms with Crippen LogP contribution < -0.4 is 19.3 Å². The van der Waals surface area contributed by atoms with E-state index in [1.807, 2.05) is 24.3 Å². The number of nitrogens with zero attached hydrogens (tertiary/aromatic N) is 2. The summed E-state index contributed by atoms with van der Waals surface area (Å²) in [6.45, 7) is 0. The molecule has 0 atom stereocenters. The summed E-state index contributed by atoms with van der Waals surface area (Å²) < 4.78 is 13.1. The second kappa shape index (κ2) is 16.9. The number of ether oxygens (including phenoxy) is 2. The van der Waals surface area contributed by atoms with Gasteiger partial charge >= 0.3 is 0 Å². The van der Waals surface area contributed by atoms with Gasteiger partial charge in [-0.2, -0.15) is 0 Å². The fraction of sp³-hybridized carbons (Fsp3) is 0. The van der Waals surface area contributed by atoms with E-state index in [2.05, 4.69) is 252 Å². The van der Waals surface area contributed by atoms with Crippen LogP contribution in [0.5, 0.6) is 23.0 Å². The predicted octanol–water partition coefficient (Wildman–Crippen LogP) is 20.1. The van der Waals surface area contributed by atoms with E-state index in [4.69, 9.17) is 9.47 Å². The Bertz CT molecular complexity index is 4320. The molecular weight excluding hydrogens is 901 g/mol. The van der Waals surface area contributed by atoms with Crippen molar-refractivity contribution in [1.82, 2.24) is 0 Å². The van der Waals surface area contributed by atoms with E-state index in [1.54, 1.807) is 0 Å². The van der Waals surface area contributed by atoms with Crippen LogP contribution in [0.3, 0.4) is 0 Å². The Labute approximate surface area is 428 Å². The fourth-order valence-corrected chi connectivity index (χ4v) is 11.8. The van der Waals surface area contributed by atoms with E-state index >= 15 is 0 Å². The molecule has 2 aliphatic heterocycles. The van der Waals surface area contributed by atoms with Gasteiger partial charge in [0.1, 0.15) is 0 Å². The molecule has 0 aliphatic carbocycles. The summed E-state index contributed by atoms with van der Waals surface area (Å²) in [5, 5.41) is 9.45. The number of anilines is 6. The van der Waals surface area contributed by atoms with Crippen LogP contribution in [0.25, 0.3) is 87.6 Å². The van der Waals surface area contributed by atoms with Gasteiger partial charge in [-0.05, 0) is 166 Å². The molecule has 0 bridgehead atoms. The molecule has 13 aromatic rings. The lowest BCUT2D eigenvalue weighted by Gasteiger charge is -2.33. The minimum atomic E-state index is 0.816. The van der Waals surface area contributed by atoms with Gasteiger partial charge in [0.05, 0.1) is 22.7 Å². The van der Waals surface area contributed by atoms with Crippen molar-refractivity contribution in [1.29, 1.82) is 0 Å². The summed E-state index contributed by atoms with van der Waals surface area (Å²) in [4.78, 5) is 4.71. The van der Waals surface area contributed by atoms with E-state index in [9.17, 15) is 0 Å². The topological polar surface area (TPSA) is 24.9 Å². The van der Waals surface area contributed by atoms with Crippen LogP contribution >= 0.6 is 0 Å². The van der Waals surface area contributed by atoms with Gasteiger partial charge in [0, 0.05) is 11.4 Å². The number of rotatable bonds is 6. The van der Waals surface area contributed by atoms with Crippen molar-refractivity contribution in [3.8, 4) is 67.5 Å². The Kier molecular flexibility index (Phi) is 9.54. The smallest absolute Gasteiger partial charge is 0.151 e. The molecule has 0 fully saturated rings. The van der Waals surface area contributed by atoms with Gasteiger partial charge in [-0.25, -0.2) is 0 Å². The maximum Gasteiger partial charge on any atom is 0.151 e. The quantitative estimate of drug-likeness (QED) is 0.155. The van der Waals surface area contributed by atoms with Gasteiger partial charge in [-0.3, -0.25) is 0 Å². The fourth-order valence-electron chi connectivity index (χ4n) is 11.8. The first-order chi connectivity index (χ1) is 36.7. The van der Waals surface area contributed by atoms with Crippen LogP contribution in [0.2, 0.25) is 0 Å². The van der Waals surface area contributed by atoms with Crippen LogP contribution in [0, 0.1) is 0 Å². The molecule has 15 rings (SSSR count). The van der Waals surface area contributed by atoms with E-state index in [-0.39, 0.29) is 0 Å². The van der Waals surface area contributed by atoms with Crippen molar-refractivity contribution in [3.05, 3.63) is 267 Å². The summed E-state index contributed by atoms with van der Waals surface area (Å²) >= 11 is 0. The molecular formula is C70H44N2O2. The number of hydrogen-bond donors (Lipinski definition) is 0. The molecule has 0 spiro atoms. The third-order valence-electron chi connectivity index (χ3n) is 15.0. The Morgan fingerprint density at radius 2 is 0.622 bits per heavy atom. The van der Waals surface area contributed by atoms with E-state index in [1.165, 1.54) is 43.8 Å². The SMILES string of the molecule is c1cc(-c2cccc3ccccc23)cc(-c2c3cc(N4c5ccccc5Oc5ccccc54)ccc3c(-c3ccccc3-c3cccc4ccccc34)c3cc(N4c5ccccc5Oc5ccccc54)ccc23)c1. The lowest BCUT2D eigenvalue weighted by atomic mass is 9.82. The predicted molar refractivity (Wildman–Crippen MR) is 308 cm³/mol. The average molecular weight is 945 g/mol. The van der Waals surface area contributed by atoms with Crippen LogP contribution in [0.4, 0.5) is 34.1 Å². The minimum Gasteiger partial charge on any atom is -0.453 e. The molecule has 2 heterocycles. The molecule has 0 saturated carbocycles.